The number of allylic oxidation sites excluding steroid dienone is 2. The maximum Gasteiger partial charge on any atom is 0.166 e. The van der Waals surface area contributed by atoms with Crippen molar-refractivity contribution < 1.29 is 13.2 Å². The predicted octanol–water partition coefficient (Wildman–Crippen LogP) is 13.5. The minimum Gasteiger partial charge on any atom is -0.206 e. The molecule has 1 unspecified atom stereocenters. The summed E-state index contributed by atoms with van der Waals surface area (Å²) in [6.45, 7) is 4.50. The highest BCUT2D eigenvalue weighted by Gasteiger charge is 2.29. The highest BCUT2D eigenvalue weighted by Crippen LogP contribution is 2.42. The van der Waals surface area contributed by atoms with E-state index in [1.165, 1.54) is 64.2 Å². The molecule has 242 valence electrons. The van der Waals surface area contributed by atoms with Crippen molar-refractivity contribution in [1.82, 2.24) is 0 Å². The molecule has 3 heteroatoms. The molecule has 0 bridgehead atoms. The average Bonchev–Trinajstić information content (AvgIpc) is 3.07. The van der Waals surface area contributed by atoms with Gasteiger partial charge in [0.1, 0.15) is 5.82 Å². The standard InChI is InChI=1S/C42H53F3/c1-3-5-6-7-8-9-10-12-36-25-28-39(42(45)41(36)44)35-23-19-33(20-24-35)37-26-27-38(40(43)29-37)34-21-17-32(18-22-34)31-15-13-30(11-4-2)14-16-31/h19-21,23-32H,3-18,22H2,1-2H3. The summed E-state index contributed by atoms with van der Waals surface area (Å²) in [7, 11) is 0. The topological polar surface area (TPSA) is 0 Å². The van der Waals surface area contributed by atoms with E-state index in [2.05, 4.69) is 19.9 Å². The van der Waals surface area contributed by atoms with Crippen LogP contribution < -0.4 is 0 Å². The van der Waals surface area contributed by atoms with Crippen molar-refractivity contribution in [2.75, 3.05) is 0 Å². The zero-order valence-electron chi connectivity index (χ0n) is 27.7. The summed E-state index contributed by atoms with van der Waals surface area (Å²) in [5.41, 5.74) is 4.84. The van der Waals surface area contributed by atoms with Gasteiger partial charge in [0.25, 0.3) is 0 Å². The Morgan fingerprint density at radius 3 is 1.93 bits per heavy atom. The van der Waals surface area contributed by atoms with Gasteiger partial charge < -0.3 is 0 Å². The van der Waals surface area contributed by atoms with Gasteiger partial charge in [-0.2, -0.15) is 0 Å². The lowest BCUT2D eigenvalue weighted by Crippen LogP contribution is -2.23. The molecule has 0 aliphatic heterocycles. The zero-order chi connectivity index (χ0) is 31.6. The zero-order valence-corrected chi connectivity index (χ0v) is 27.7. The van der Waals surface area contributed by atoms with Gasteiger partial charge in [-0.25, -0.2) is 13.2 Å². The van der Waals surface area contributed by atoms with Crippen molar-refractivity contribution in [1.29, 1.82) is 0 Å². The van der Waals surface area contributed by atoms with Crippen molar-refractivity contribution >= 4 is 5.57 Å². The highest BCUT2D eigenvalue weighted by atomic mass is 19.2. The minimum absolute atomic E-state index is 0.189. The van der Waals surface area contributed by atoms with Gasteiger partial charge in [0.2, 0.25) is 0 Å². The molecule has 3 aromatic rings. The van der Waals surface area contributed by atoms with Gasteiger partial charge in [0, 0.05) is 11.1 Å². The molecule has 2 aliphatic rings. The van der Waals surface area contributed by atoms with E-state index in [1.54, 1.807) is 30.3 Å². The van der Waals surface area contributed by atoms with Crippen molar-refractivity contribution in [2.24, 2.45) is 17.8 Å². The minimum atomic E-state index is -0.786. The highest BCUT2D eigenvalue weighted by molar-refractivity contribution is 5.74. The van der Waals surface area contributed by atoms with Crippen LogP contribution in [0.25, 0.3) is 27.8 Å². The van der Waals surface area contributed by atoms with E-state index < -0.39 is 11.6 Å². The van der Waals surface area contributed by atoms with E-state index in [-0.39, 0.29) is 11.4 Å². The SMILES string of the molecule is CCCCCCCCCc1ccc(-c2ccc(-c3ccc(C4=CCC(C5CCC(CCC)CC5)CC4)c(F)c3)cc2)c(F)c1F. The molecule has 1 fully saturated rings. The monoisotopic (exact) mass is 614 g/mol. The number of halogens is 3. The molecule has 0 radical (unpaired) electrons. The Hall–Kier alpha value is -2.81. The van der Waals surface area contributed by atoms with Crippen LogP contribution in [0.15, 0.2) is 60.7 Å². The second-order valence-corrected chi connectivity index (χ2v) is 13.9. The summed E-state index contributed by atoms with van der Waals surface area (Å²) < 4.78 is 45.5. The van der Waals surface area contributed by atoms with E-state index in [4.69, 9.17) is 0 Å². The maximum atomic E-state index is 15.4. The lowest BCUT2D eigenvalue weighted by molar-refractivity contribution is 0.189. The van der Waals surface area contributed by atoms with Gasteiger partial charge in [-0.05, 0) is 96.6 Å². The first-order valence-electron chi connectivity index (χ1n) is 18.0. The van der Waals surface area contributed by atoms with Crippen LogP contribution in [-0.2, 0) is 6.42 Å². The normalized spacial score (nSPS) is 20.3. The van der Waals surface area contributed by atoms with Gasteiger partial charge in [-0.3, -0.25) is 0 Å². The quantitative estimate of drug-likeness (QED) is 0.158. The molecule has 0 nitrogen and oxygen atoms in total. The molecule has 5 rings (SSSR count). The Kier molecular flexibility index (Phi) is 12.4. The Morgan fingerprint density at radius 1 is 0.600 bits per heavy atom. The maximum absolute atomic E-state index is 15.4. The predicted molar refractivity (Wildman–Crippen MR) is 185 cm³/mol. The molecule has 45 heavy (non-hydrogen) atoms. The van der Waals surface area contributed by atoms with Crippen molar-refractivity contribution in [3.63, 3.8) is 0 Å². The molecule has 1 saturated carbocycles. The summed E-state index contributed by atoms with van der Waals surface area (Å²) in [6, 6.07) is 16.3. The fraction of sp³-hybridized carbons (Fsp3) is 0.524. The Labute approximate surface area is 270 Å². The Bertz CT molecular complexity index is 1390. The first kappa shape index (κ1) is 33.6. The second kappa shape index (κ2) is 16.7. The van der Waals surface area contributed by atoms with Gasteiger partial charge in [-0.15, -0.1) is 0 Å². The largest absolute Gasteiger partial charge is 0.206 e. The molecule has 0 aromatic heterocycles. The van der Waals surface area contributed by atoms with E-state index in [1.807, 2.05) is 24.3 Å². The molecule has 0 spiro atoms. The van der Waals surface area contributed by atoms with E-state index in [9.17, 15) is 4.39 Å². The van der Waals surface area contributed by atoms with Crippen LogP contribution in [0.2, 0.25) is 0 Å². The Morgan fingerprint density at radius 2 is 1.27 bits per heavy atom. The van der Waals surface area contributed by atoms with Crippen molar-refractivity contribution in [2.45, 2.75) is 123 Å². The third-order valence-electron chi connectivity index (χ3n) is 10.8. The smallest absolute Gasteiger partial charge is 0.166 e. The third kappa shape index (κ3) is 8.72. The third-order valence-corrected chi connectivity index (χ3v) is 10.8. The Balaban J connectivity index is 1.17. The molecule has 3 aromatic carbocycles. The molecular weight excluding hydrogens is 561 g/mol. The number of unbranched alkanes of at least 4 members (excludes halogenated alkanes) is 6. The van der Waals surface area contributed by atoms with Crippen LogP contribution in [0, 0.1) is 35.2 Å². The molecule has 0 saturated heterocycles. The van der Waals surface area contributed by atoms with Gasteiger partial charge in [0.15, 0.2) is 11.6 Å². The van der Waals surface area contributed by atoms with Crippen LogP contribution in [0.1, 0.15) is 128 Å². The second-order valence-electron chi connectivity index (χ2n) is 13.9. The molecule has 0 heterocycles. The first-order valence-corrected chi connectivity index (χ1v) is 18.0. The van der Waals surface area contributed by atoms with Gasteiger partial charge >= 0.3 is 0 Å². The molecular formula is C42H53F3. The number of hydrogen-bond acceptors (Lipinski definition) is 0. The molecule has 2 aliphatic carbocycles. The lowest BCUT2D eigenvalue weighted by atomic mass is 9.70. The summed E-state index contributed by atoms with van der Waals surface area (Å²) >= 11 is 0. The number of hydrogen-bond donors (Lipinski definition) is 0. The fourth-order valence-electron chi connectivity index (χ4n) is 7.96. The van der Waals surface area contributed by atoms with Crippen molar-refractivity contribution in [3.05, 3.63) is 89.3 Å². The number of aryl methyl sites for hydroxylation is 1. The summed E-state index contributed by atoms with van der Waals surface area (Å²) in [6.07, 6.45) is 22.3. The lowest BCUT2D eigenvalue weighted by Gasteiger charge is -2.35. The average molecular weight is 615 g/mol. The van der Waals surface area contributed by atoms with E-state index >= 15 is 8.78 Å². The summed E-state index contributed by atoms with van der Waals surface area (Å²) in [5.74, 6) is 0.810. The van der Waals surface area contributed by atoms with E-state index in [0.717, 1.165) is 78.5 Å². The van der Waals surface area contributed by atoms with Crippen LogP contribution in [0.3, 0.4) is 0 Å². The summed E-state index contributed by atoms with van der Waals surface area (Å²) in [5, 5.41) is 0. The van der Waals surface area contributed by atoms with Gasteiger partial charge in [-0.1, -0.05) is 133 Å². The van der Waals surface area contributed by atoms with Crippen LogP contribution in [0.4, 0.5) is 13.2 Å². The number of rotatable bonds is 14. The molecule has 0 amide bonds. The van der Waals surface area contributed by atoms with Gasteiger partial charge in [0.05, 0.1) is 0 Å². The van der Waals surface area contributed by atoms with Crippen LogP contribution >= 0.6 is 0 Å². The van der Waals surface area contributed by atoms with Crippen LogP contribution in [0.5, 0.6) is 0 Å². The summed E-state index contributed by atoms with van der Waals surface area (Å²) in [4.78, 5) is 0. The first-order chi connectivity index (χ1) is 22.0. The molecule has 0 N–H and O–H groups in total. The van der Waals surface area contributed by atoms with Crippen LogP contribution in [-0.4, -0.2) is 0 Å². The van der Waals surface area contributed by atoms with E-state index in [0.29, 0.717) is 17.5 Å². The molecule has 1 atom stereocenters. The number of benzene rings is 3. The fourth-order valence-corrected chi connectivity index (χ4v) is 7.96. The van der Waals surface area contributed by atoms with Crippen molar-refractivity contribution in [3.8, 4) is 22.3 Å².